The third kappa shape index (κ3) is 6.31. The molecule has 2 fully saturated rings. The van der Waals surface area contributed by atoms with Gasteiger partial charge in [-0.3, -0.25) is 13.9 Å². The van der Waals surface area contributed by atoms with Crippen molar-refractivity contribution in [3.8, 4) is 16.9 Å². The Morgan fingerprint density at radius 3 is 2.46 bits per heavy atom. The second kappa shape index (κ2) is 13.2. The SMILES string of the molecule is COc1cc(C)[nH]c(=O)c1CCC(=O)c1cc(-c2ccc(N3CCN(C)CC3)nc2)cc2c1C(C)CN2S(=O)(=O)C1CCCCC1. The first kappa shape index (κ1) is 32.2. The quantitative estimate of drug-likeness (QED) is 0.326. The maximum absolute atomic E-state index is 14.1. The highest BCUT2D eigenvalue weighted by molar-refractivity contribution is 7.93. The van der Waals surface area contributed by atoms with Crippen LogP contribution in [0.2, 0.25) is 0 Å². The van der Waals surface area contributed by atoms with Crippen LogP contribution in [0.3, 0.4) is 0 Å². The number of benzene rings is 1. The molecule has 2 aromatic heterocycles. The number of nitrogens with one attached hydrogen (secondary N) is 1. The van der Waals surface area contributed by atoms with E-state index in [-0.39, 0.29) is 30.1 Å². The second-order valence-corrected chi connectivity index (χ2v) is 15.3. The van der Waals surface area contributed by atoms with Crippen molar-refractivity contribution in [3.63, 3.8) is 0 Å². The lowest BCUT2D eigenvalue weighted by Crippen LogP contribution is -2.44. The molecule has 0 radical (unpaired) electrons. The molecule has 0 amide bonds. The molecular formula is C35H45N5O5S. The van der Waals surface area contributed by atoms with Gasteiger partial charge in [0.1, 0.15) is 11.6 Å². The van der Waals surface area contributed by atoms with E-state index >= 15 is 0 Å². The van der Waals surface area contributed by atoms with Gasteiger partial charge in [0.2, 0.25) is 10.0 Å². The molecule has 4 heterocycles. The molecule has 1 unspecified atom stereocenters. The number of carbonyl (C=O) groups excluding carboxylic acids is 1. The third-order valence-electron chi connectivity index (χ3n) is 9.90. The Hall–Kier alpha value is -3.70. The minimum absolute atomic E-state index is 0.0844. The largest absolute Gasteiger partial charge is 0.496 e. The van der Waals surface area contributed by atoms with E-state index in [4.69, 9.17) is 9.72 Å². The number of piperazine rings is 1. The molecular weight excluding hydrogens is 602 g/mol. The minimum atomic E-state index is -3.62. The van der Waals surface area contributed by atoms with E-state index in [0.717, 1.165) is 67.9 Å². The number of hydrogen-bond donors (Lipinski definition) is 1. The van der Waals surface area contributed by atoms with Crippen LogP contribution in [0.15, 0.2) is 41.3 Å². The van der Waals surface area contributed by atoms with Gasteiger partial charge in [-0.05, 0) is 74.7 Å². The van der Waals surface area contributed by atoms with Crippen molar-refractivity contribution in [1.29, 1.82) is 0 Å². The summed E-state index contributed by atoms with van der Waals surface area (Å²) in [7, 11) is 0.0199. The predicted octanol–water partition coefficient (Wildman–Crippen LogP) is 4.91. The van der Waals surface area contributed by atoms with Gasteiger partial charge in [-0.15, -0.1) is 0 Å². The van der Waals surface area contributed by atoms with Crippen LogP contribution in [-0.4, -0.2) is 81.2 Å². The Morgan fingerprint density at radius 2 is 1.78 bits per heavy atom. The summed E-state index contributed by atoms with van der Waals surface area (Å²) in [5, 5.41) is -0.410. The molecule has 1 saturated heterocycles. The first-order chi connectivity index (χ1) is 22.1. The third-order valence-corrected chi connectivity index (χ3v) is 12.2. The van der Waals surface area contributed by atoms with Crippen LogP contribution in [0.1, 0.15) is 78.5 Å². The number of aryl methyl sites for hydroxylation is 1. The number of hydrogen-bond acceptors (Lipinski definition) is 8. The fraction of sp³-hybridized carbons (Fsp3) is 0.514. The molecule has 0 spiro atoms. The van der Waals surface area contributed by atoms with E-state index < -0.39 is 15.3 Å². The number of methoxy groups -OCH3 is 1. The van der Waals surface area contributed by atoms with Crippen molar-refractivity contribution in [2.24, 2.45) is 0 Å². The molecule has 6 rings (SSSR count). The number of pyridine rings is 2. The number of anilines is 2. The van der Waals surface area contributed by atoms with Gasteiger partial charge in [0.25, 0.3) is 5.56 Å². The van der Waals surface area contributed by atoms with Crippen molar-refractivity contribution in [2.45, 2.75) is 70.0 Å². The number of ketones is 1. The van der Waals surface area contributed by atoms with Gasteiger partial charge >= 0.3 is 0 Å². The molecule has 1 aliphatic carbocycles. The zero-order chi connectivity index (χ0) is 32.6. The molecule has 1 aromatic carbocycles. The van der Waals surface area contributed by atoms with Crippen LogP contribution in [-0.2, 0) is 16.4 Å². The maximum Gasteiger partial charge on any atom is 0.255 e. The number of fused-ring (bicyclic) bond motifs is 1. The van der Waals surface area contributed by atoms with Crippen molar-refractivity contribution >= 4 is 27.3 Å². The average Bonchev–Trinajstić information content (AvgIpc) is 3.41. The Bertz CT molecular complexity index is 1760. The van der Waals surface area contributed by atoms with Crippen molar-refractivity contribution in [3.05, 3.63) is 69.3 Å². The number of Topliss-reactive ketones (excluding diaryl/α,β-unsaturated/α-hetero) is 1. The van der Waals surface area contributed by atoms with Gasteiger partial charge in [-0.1, -0.05) is 26.2 Å². The smallest absolute Gasteiger partial charge is 0.255 e. The van der Waals surface area contributed by atoms with Crippen LogP contribution >= 0.6 is 0 Å². The molecule has 2 aliphatic heterocycles. The Balaban J connectivity index is 1.38. The number of sulfonamides is 1. The second-order valence-electron chi connectivity index (χ2n) is 13.1. The highest BCUT2D eigenvalue weighted by atomic mass is 32.2. The number of aromatic nitrogens is 2. The summed E-state index contributed by atoms with van der Waals surface area (Å²) in [5.74, 6) is 1.07. The van der Waals surface area contributed by atoms with Gasteiger partial charge in [-0.25, -0.2) is 13.4 Å². The van der Waals surface area contributed by atoms with Crippen molar-refractivity contribution in [1.82, 2.24) is 14.9 Å². The average molecular weight is 648 g/mol. The standard InChI is InChI=1S/C35H45N5O5S/c1-23-22-40(46(43,44)27-8-6-5-7-9-27)30-20-26(25-10-13-33(36-21-25)39-16-14-38(3)15-17-39)19-29(34(23)30)31(41)12-11-28-32(45-4)18-24(2)37-35(28)42/h10,13,18-21,23,27H,5-9,11-12,14-17,22H2,1-4H3,(H,37,42). The fourth-order valence-electron chi connectivity index (χ4n) is 7.24. The van der Waals surface area contributed by atoms with E-state index in [1.54, 1.807) is 17.3 Å². The van der Waals surface area contributed by atoms with Crippen molar-refractivity contribution in [2.75, 3.05) is 56.1 Å². The summed E-state index contributed by atoms with van der Waals surface area (Å²) in [6.07, 6.45) is 6.33. The zero-order valence-electron chi connectivity index (χ0n) is 27.3. The monoisotopic (exact) mass is 647 g/mol. The van der Waals surface area contributed by atoms with E-state index in [0.29, 0.717) is 47.6 Å². The Kier molecular flexibility index (Phi) is 9.25. The fourth-order valence-corrected chi connectivity index (χ4v) is 9.39. The molecule has 46 heavy (non-hydrogen) atoms. The lowest BCUT2D eigenvalue weighted by atomic mass is 9.89. The molecule has 246 valence electrons. The van der Waals surface area contributed by atoms with E-state index in [1.165, 1.54) is 7.11 Å². The van der Waals surface area contributed by atoms with Crippen LogP contribution in [0.25, 0.3) is 11.1 Å². The molecule has 10 nitrogen and oxygen atoms in total. The Morgan fingerprint density at radius 1 is 1.04 bits per heavy atom. The lowest BCUT2D eigenvalue weighted by molar-refractivity contribution is 0.0981. The summed E-state index contributed by atoms with van der Waals surface area (Å²) >= 11 is 0. The van der Waals surface area contributed by atoms with E-state index in [1.807, 2.05) is 37.4 Å². The number of ether oxygens (including phenoxy) is 1. The normalized spacial score (nSPS) is 19.3. The summed E-state index contributed by atoms with van der Waals surface area (Å²) < 4.78 is 35.2. The van der Waals surface area contributed by atoms with E-state index in [2.05, 4.69) is 21.8 Å². The lowest BCUT2D eigenvalue weighted by Gasteiger charge is -2.33. The highest BCUT2D eigenvalue weighted by Gasteiger charge is 2.41. The number of nitrogens with zero attached hydrogens (tertiary/aromatic N) is 4. The van der Waals surface area contributed by atoms with Gasteiger partial charge < -0.3 is 19.5 Å². The molecule has 1 N–H and O–H groups in total. The number of aromatic amines is 1. The van der Waals surface area contributed by atoms with Crippen LogP contribution in [0.5, 0.6) is 5.75 Å². The van der Waals surface area contributed by atoms with Crippen molar-refractivity contribution < 1.29 is 17.9 Å². The van der Waals surface area contributed by atoms with Crippen LogP contribution < -0.4 is 19.5 Å². The van der Waals surface area contributed by atoms with Crippen LogP contribution in [0.4, 0.5) is 11.5 Å². The van der Waals surface area contributed by atoms with Gasteiger partial charge in [0.15, 0.2) is 5.78 Å². The van der Waals surface area contributed by atoms with Crippen LogP contribution in [0, 0.1) is 6.92 Å². The van der Waals surface area contributed by atoms with Gasteiger partial charge in [-0.2, -0.15) is 0 Å². The number of rotatable bonds is 9. The number of carbonyl (C=O) groups is 1. The topological polar surface area (TPSA) is 116 Å². The first-order valence-electron chi connectivity index (χ1n) is 16.5. The summed E-state index contributed by atoms with van der Waals surface area (Å²) in [5.41, 5.74) is 4.27. The molecule has 11 heteroatoms. The van der Waals surface area contributed by atoms with E-state index in [9.17, 15) is 18.0 Å². The summed E-state index contributed by atoms with van der Waals surface area (Å²) in [6, 6.07) is 9.58. The number of H-pyrrole nitrogens is 1. The summed E-state index contributed by atoms with van der Waals surface area (Å²) in [6.45, 7) is 7.85. The predicted molar refractivity (Wildman–Crippen MR) is 182 cm³/mol. The molecule has 0 bridgehead atoms. The molecule has 1 saturated carbocycles. The minimum Gasteiger partial charge on any atom is -0.496 e. The van der Waals surface area contributed by atoms with Gasteiger partial charge in [0, 0.05) is 68.1 Å². The Labute approximate surface area is 271 Å². The molecule has 3 aliphatic rings. The molecule has 1 atom stereocenters. The number of likely N-dealkylation sites (N-methyl/N-ethyl adjacent to an activating group) is 1. The molecule has 3 aromatic rings. The highest BCUT2D eigenvalue weighted by Crippen LogP contribution is 2.45. The van der Waals surface area contributed by atoms with Gasteiger partial charge in [0.05, 0.1) is 23.6 Å². The summed E-state index contributed by atoms with van der Waals surface area (Å²) in [4.78, 5) is 39.0. The zero-order valence-corrected chi connectivity index (χ0v) is 28.2. The maximum atomic E-state index is 14.1. The first-order valence-corrected chi connectivity index (χ1v) is 18.0.